The standard InChI is InChI=1S/C27H48N2OS3/c1-3-4-5-6-7-8-9-10-14-17-22-32-26(31)33-27(2,23-28)21-20-25(30)29-24-18-15-12-11-13-16-19-24/h24H,3-22H2,1-2H3,(H,29,30). The fourth-order valence-corrected chi connectivity index (χ4v) is 7.31. The van der Waals surface area contributed by atoms with Gasteiger partial charge >= 0.3 is 0 Å². The number of hydrogen-bond acceptors (Lipinski definition) is 5. The third-order valence-electron chi connectivity index (χ3n) is 6.56. The Bertz CT molecular complexity index is 570. The summed E-state index contributed by atoms with van der Waals surface area (Å²) in [5.41, 5.74) is 0. The van der Waals surface area contributed by atoms with Gasteiger partial charge in [0.25, 0.3) is 0 Å². The van der Waals surface area contributed by atoms with Crippen LogP contribution in [-0.2, 0) is 4.79 Å². The van der Waals surface area contributed by atoms with E-state index in [1.54, 1.807) is 11.8 Å². The highest BCUT2D eigenvalue weighted by atomic mass is 32.2. The average Bonchev–Trinajstić information content (AvgIpc) is 2.78. The van der Waals surface area contributed by atoms with E-state index in [-0.39, 0.29) is 5.91 Å². The maximum Gasteiger partial charge on any atom is 0.220 e. The third kappa shape index (κ3) is 16.9. The number of amides is 1. The minimum Gasteiger partial charge on any atom is -0.353 e. The van der Waals surface area contributed by atoms with Crippen molar-refractivity contribution in [3.05, 3.63) is 0 Å². The van der Waals surface area contributed by atoms with Crippen LogP contribution in [0, 0.1) is 11.3 Å². The number of carbonyl (C=O) groups is 1. The number of nitriles is 1. The van der Waals surface area contributed by atoms with Crippen LogP contribution in [0.5, 0.6) is 0 Å². The fourth-order valence-electron chi connectivity index (χ4n) is 4.34. The van der Waals surface area contributed by atoms with Crippen LogP contribution >= 0.6 is 35.7 Å². The van der Waals surface area contributed by atoms with Crippen molar-refractivity contribution in [1.29, 1.82) is 5.26 Å². The molecule has 1 unspecified atom stereocenters. The van der Waals surface area contributed by atoms with Gasteiger partial charge in [-0.1, -0.05) is 121 Å². The lowest BCUT2D eigenvalue weighted by Gasteiger charge is -2.23. The fraction of sp³-hybridized carbons (Fsp3) is 0.889. The lowest BCUT2D eigenvalue weighted by molar-refractivity contribution is -0.122. The number of thioether (sulfide) groups is 2. The second kappa shape index (κ2) is 20.0. The number of hydrogen-bond donors (Lipinski definition) is 1. The van der Waals surface area contributed by atoms with E-state index in [1.807, 2.05) is 6.92 Å². The van der Waals surface area contributed by atoms with E-state index in [9.17, 15) is 10.1 Å². The first kappa shape index (κ1) is 30.8. The second-order valence-electron chi connectivity index (χ2n) is 9.83. The highest BCUT2D eigenvalue weighted by molar-refractivity contribution is 8.47. The van der Waals surface area contributed by atoms with E-state index in [4.69, 9.17) is 12.2 Å². The molecular weight excluding hydrogens is 465 g/mol. The van der Waals surface area contributed by atoms with E-state index < -0.39 is 4.75 Å². The lowest BCUT2D eigenvalue weighted by atomic mass is 9.96. The molecule has 1 rings (SSSR count). The zero-order valence-electron chi connectivity index (χ0n) is 21.3. The molecule has 1 aliphatic carbocycles. The highest BCUT2D eigenvalue weighted by Gasteiger charge is 2.28. The molecule has 0 saturated heterocycles. The molecule has 1 amide bonds. The summed E-state index contributed by atoms with van der Waals surface area (Å²) in [6.07, 6.45) is 22.8. The Kier molecular flexibility index (Phi) is 18.6. The maximum absolute atomic E-state index is 12.5. The summed E-state index contributed by atoms with van der Waals surface area (Å²) in [6.45, 7) is 4.19. The molecule has 0 aromatic heterocycles. The molecule has 0 radical (unpaired) electrons. The largest absolute Gasteiger partial charge is 0.353 e. The topological polar surface area (TPSA) is 52.9 Å². The van der Waals surface area contributed by atoms with Crippen molar-refractivity contribution in [3.8, 4) is 6.07 Å². The Balaban J connectivity index is 2.14. The first-order valence-corrected chi connectivity index (χ1v) is 15.8. The van der Waals surface area contributed by atoms with E-state index in [0.29, 0.717) is 18.9 Å². The van der Waals surface area contributed by atoms with E-state index in [0.717, 1.165) is 22.1 Å². The predicted molar refractivity (Wildman–Crippen MR) is 152 cm³/mol. The Hall–Kier alpha value is -0.250. The molecule has 1 aliphatic rings. The summed E-state index contributed by atoms with van der Waals surface area (Å²) in [7, 11) is 0. The van der Waals surface area contributed by atoms with Crippen LogP contribution in [-0.4, -0.2) is 26.0 Å². The van der Waals surface area contributed by atoms with Gasteiger partial charge in [-0.25, -0.2) is 0 Å². The van der Waals surface area contributed by atoms with Crippen molar-refractivity contribution in [2.24, 2.45) is 0 Å². The molecule has 33 heavy (non-hydrogen) atoms. The number of unbranched alkanes of at least 4 members (excludes halogenated alkanes) is 9. The van der Waals surface area contributed by atoms with Crippen molar-refractivity contribution in [1.82, 2.24) is 5.32 Å². The molecule has 0 bridgehead atoms. The van der Waals surface area contributed by atoms with Gasteiger partial charge in [-0.15, -0.1) is 11.8 Å². The second-order valence-corrected chi connectivity index (χ2v) is 13.6. The van der Waals surface area contributed by atoms with Gasteiger partial charge in [0.1, 0.15) is 8.28 Å². The van der Waals surface area contributed by atoms with Crippen LogP contribution in [0.15, 0.2) is 0 Å². The van der Waals surface area contributed by atoms with Gasteiger partial charge in [0.15, 0.2) is 0 Å². The van der Waals surface area contributed by atoms with Crippen LogP contribution in [0.2, 0.25) is 0 Å². The van der Waals surface area contributed by atoms with Gasteiger partial charge in [-0.2, -0.15) is 5.26 Å². The third-order valence-corrected chi connectivity index (χ3v) is 9.41. The number of thiocarbonyl (C=S) groups is 1. The summed E-state index contributed by atoms with van der Waals surface area (Å²) in [5, 5.41) is 12.9. The van der Waals surface area contributed by atoms with Crippen LogP contribution in [0.4, 0.5) is 0 Å². The molecule has 1 saturated carbocycles. The van der Waals surface area contributed by atoms with E-state index in [1.165, 1.54) is 108 Å². The maximum atomic E-state index is 12.5. The molecule has 190 valence electrons. The van der Waals surface area contributed by atoms with Gasteiger partial charge in [-0.05, 0) is 38.4 Å². The first-order chi connectivity index (χ1) is 16.0. The molecule has 0 aromatic rings. The molecule has 0 spiro atoms. The number of nitrogens with one attached hydrogen (secondary N) is 1. The molecule has 1 atom stereocenters. The number of rotatable bonds is 16. The Morgan fingerprint density at radius 1 is 0.970 bits per heavy atom. The van der Waals surface area contributed by atoms with Gasteiger partial charge in [0, 0.05) is 12.5 Å². The minimum atomic E-state index is -0.625. The van der Waals surface area contributed by atoms with E-state index >= 15 is 0 Å². The van der Waals surface area contributed by atoms with Crippen LogP contribution in [0.25, 0.3) is 0 Å². The van der Waals surface area contributed by atoms with Gasteiger partial charge in [0.2, 0.25) is 5.91 Å². The molecule has 0 aromatic carbocycles. The van der Waals surface area contributed by atoms with Crippen molar-refractivity contribution in [3.63, 3.8) is 0 Å². The quantitative estimate of drug-likeness (QED) is 0.165. The van der Waals surface area contributed by atoms with Crippen molar-refractivity contribution >= 4 is 45.2 Å². The highest BCUT2D eigenvalue weighted by Crippen LogP contribution is 2.35. The lowest BCUT2D eigenvalue weighted by Crippen LogP contribution is -2.36. The summed E-state index contributed by atoms with van der Waals surface area (Å²) < 4.78 is 0.218. The van der Waals surface area contributed by atoms with Gasteiger partial charge < -0.3 is 5.32 Å². The van der Waals surface area contributed by atoms with Gasteiger partial charge in [0.05, 0.1) is 6.07 Å². The molecular formula is C27H48N2OS3. The van der Waals surface area contributed by atoms with Crippen LogP contribution in [0.1, 0.15) is 136 Å². The van der Waals surface area contributed by atoms with Crippen molar-refractivity contribution in [2.75, 3.05) is 5.75 Å². The first-order valence-electron chi connectivity index (χ1n) is 13.6. The zero-order valence-corrected chi connectivity index (χ0v) is 23.7. The molecule has 0 aliphatic heterocycles. The molecule has 1 fully saturated rings. The minimum absolute atomic E-state index is 0.0894. The average molecular weight is 513 g/mol. The Morgan fingerprint density at radius 2 is 1.52 bits per heavy atom. The van der Waals surface area contributed by atoms with Crippen molar-refractivity contribution < 1.29 is 4.79 Å². The zero-order chi connectivity index (χ0) is 24.2. The molecule has 3 nitrogen and oxygen atoms in total. The SMILES string of the molecule is CCCCCCCCCCCCSC(=S)SC(C)(C#N)CCC(=O)NC1CCCCCCC1. The Morgan fingerprint density at radius 3 is 2.09 bits per heavy atom. The summed E-state index contributed by atoms with van der Waals surface area (Å²) in [4.78, 5) is 12.5. The monoisotopic (exact) mass is 512 g/mol. The van der Waals surface area contributed by atoms with Crippen LogP contribution < -0.4 is 5.32 Å². The molecule has 1 N–H and O–H groups in total. The summed E-state index contributed by atoms with van der Waals surface area (Å²) in [6, 6.07) is 2.73. The molecule has 6 heteroatoms. The predicted octanol–water partition coefficient (Wildman–Crippen LogP) is 8.95. The van der Waals surface area contributed by atoms with E-state index in [2.05, 4.69) is 18.3 Å². The normalized spacial score (nSPS) is 16.9. The van der Waals surface area contributed by atoms with Crippen molar-refractivity contribution in [2.45, 2.75) is 147 Å². The van der Waals surface area contributed by atoms with Gasteiger partial charge in [-0.3, -0.25) is 4.79 Å². The number of carbonyl (C=O) groups excluding carboxylic acids is 1. The number of nitrogens with zero attached hydrogens (tertiary/aromatic N) is 1. The van der Waals surface area contributed by atoms with Crippen LogP contribution in [0.3, 0.4) is 0 Å². The molecule has 0 heterocycles. The smallest absolute Gasteiger partial charge is 0.220 e. The summed E-state index contributed by atoms with van der Waals surface area (Å²) >= 11 is 8.73. The summed E-state index contributed by atoms with van der Waals surface area (Å²) in [5.74, 6) is 1.12. The Labute approximate surface area is 218 Å².